The van der Waals surface area contributed by atoms with E-state index < -0.39 is 15.8 Å². The molecule has 0 spiro atoms. The smallest absolute Gasteiger partial charge is 0.211 e. The summed E-state index contributed by atoms with van der Waals surface area (Å²) >= 11 is 5.84. The van der Waals surface area contributed by atoms with Gasteiger partial charge in [0.2, 0.25) is 10.0 Å². The van der Waals surface area contributed by atoms with Crippen molar-refractivity contribution in [2.45, 2.75) is 12.2 Å². The number of halogens is 2. The number of methoxy groups -OCH3 is 1. The second-order valence-corrected chi connectivity index (χ2v) is 6.99. The number of ether oxygens (including phenoxy) is 1. The topological polar surface area (TPSA) is 55.4 Å². The first-order valence-electron chi connectivity index (χ1n) is 6.13. The zero-order valence-electron chi connectivity index (χ0n) is 11.6. The lowest BCUT2D eigenvalue weighted by Gasteiger charge is -2.28. The summed E-state index contributed by atoms with van der Waals surface area (Å²) in [5, 5.41) is 0.561. The summed E-state index contributed by atoms with van der Waals surface area (Å²) < 4.78 is 44.5. The molecule has 0 bridgehead atoms. The molecule has 114 valence electrons. The Labute approximate surface area is 128 Å². The van der Waals surface area contributed by atoms with Gasteiger partial charge in [0.25, 0.3) is 0 Å². The van der Waals surface area contributed by atoms with Crippen LogP contribution >= 0.6 is 11.6 Å². The Morgan fingerprint density at radius 1 is 1.33 bits per heavy atom. The van der Waals surface area contributed by atoms with Gasteiger partial charge in [-0.1, -0.05) is 23.7 Å². The van der Waals surface area contributed by atoms with E-state index in [1.807, 2.05) is 4.72 Å². The Morgan fingerprint density at radius 3 is 2.48 bits per heavy atom. The van der Waals surface area contributed by atoms with Crippen LogP contribution in [0.15, 0.2) is 42.2 Å². The van der Waals surface area contributed by atoms with Crippen LogP contribution in [0.2, 0.25) is 5.02 Å². The minimum Gasteiger partial charge on any atom is -0.496 e. The second kappa shape index (κ2) is 5.79. The van der Waals surface area contributed by atoms with Gasteiger partial charge in [-0.05, 0) is 29.8 Å². The maximum atomic E-state index is 14.7. The van der Waals surface area contributed by atoms with Crippen LogP contribution in [0.4, 0.5) is 4.39 Å². The van der Waals surface area contributed by atoms with Crippen molar-refractivity contribution in [3.05, 3.63) is 52.8 Å². The largest absolute Gasteiger partial charge is 0.496 e. The van der Waals surface area contributed by atoms with Crippen LogP contribution < -0.4 is 4.72 Å². The Balaban J connectivity index is 2.39. The molecule has 0 amide bonds. The molecule has 0 saturated heterocycles. The second-order valence-electron chi connectivity index (χ2n) is 4.80. The Kier molecular flexibility index (Phi) is 4.41. The van der Waals surface area contributed by atoms with E-state index in [1.54, 1.807) is 24.3 Å². The third kappa shape index (κ3) is 4.06. The Bertz CT molecular complexity index is 697. The zero-order valence-corrected chi connectivity index (χ0v) is 13.1. The molecule has 4 nitrogen and oxygen atoms in total. The molecule has 1 N–H and O–H groups in total. The summed E-state index contributed by atoms with van der Waals surface area (Å²) in [4.78, 5) is 0. The first-order chi connectivity index (χ1) is 9.72. The minimum absolute atomic E-state index is 0.165. The number of nitrogens with one attached hydrogen (secondary N) is 1. The van der Waals surface area contributed by atoms with Crippen molar-refractivity contribution in [1.29, 1.82) is 0 Å². The average Bonchev–Trinajstić information content (AvgIpc) is 2.37. The molecule has 1 aliphatic rings. The number of hydrogen-bond acceptors (Lipinski definition) is 3. The third-order valence-corrected chi connectivity index (χ3v) is 3.96. The van der Waals surface area contributed by atoms with Gasteiger partial charge in [0, 0.05) is 17.0 Å². The van der Waals surface area contributed by atoms with Crippen LogP contribution in [0.5, 0.6) is 0 Å². The van der Waals surface area contributed by atoms with Crippen molar-refractivity contribution < 1.29 is 17.5 Å². The highest BCUT2D eigenvalue weighted by atomic mass is 35.5. The van der Waals surface area contributed by atoms with E-state index in [-0.39, 0.29) is 6.42 Å². The maximum Gasteiger partial charge on any atom is 0.211 e. The molecule has 21 heavy (non-hydrogen) atoms. The van der Waals surface area contributed by atoms with Crippen LogP contribution in [-0.2, 0) is 14.8 Å². The van der Waals surface area contributed by atoms with Crippen LogP contribution in [0.1, 0.15) is 12.0 Å². The molecular formula is C14H15ClFNO3S. The van der Waals surface area contributed by atoms with Crippen molar-refractivity contribution in [2.75, 3.05) is 13.4 Å². The van der Waals surface area contributed by atoms with Gasteiger partial charge >= 0.3 is 0 Å². The molecule has 0 aliphatic heterocycles. The molecule has 1 aromatic carbocycles. The summed E-state index contributed by atoms with van der Waals surface area (Å²) in [6, 6.07) is 6.83. The molecule has 7 heteroatoms. The highest BCUT2D eigenvalue weighted by Crippen LogP contribution is 2.35. The number of allylic oxidation sites excluding steroid dienone is 1. The van der Waals surface area contributed by atoms with Crippen LogP contribution in [-0.4, -0.2) is 27.6 Å². The number of alkyl halides is 1. The molecule has 0 heterocycles. The van der Waals surface area contributed by atoms with Gasteiger partial charge in [-0.3, -0.25) is 0 Å². The Morgan fingerprint density at radius 2 is 1.95 bits per heavy atom. The van der Waals surface area contributed by atoms with E-state index in [4.69, 9.17) is 16.3 Å². The predicted molar refractivity (Wildman–Crippen MR) is 81.0 cm³/mol. The zero-order chi connectivity index (χ0) is 15.7. The van der Waals surface area contributed by atoms with Crippen LogP contribution in [0.3, 0.4) is 0 Å². The van der Waals surface area contributed by atoms with Crippen molar-refractivity contribution in [3.8, 4) is 0 Å². The van der Waals surface area contributed by atoms with Crippen molar-refractivity contribution in [1.82, 2.24) is 4.72 Å². The number of hydrogen-bond donors (Lipinski definition) is 1. The normalized spacial score (nSPS) is 22.5. The summed E-state index contributed by atoms with van der Waals surface area (Å²) in [6.07, 6.45) is 3.32. The molecule has 0 aromatic heterocycles. The lowest BCUT2D eigenvalue weighted by atomic mass is 9.92. The standard InChI is InChI=1S/C14H15ClFNO3S/c1-20-13-7-8-14(16,17-21(2,18)19)9-12(13)10-3-5-11(15)6-4-10/h3-8,17H,9H2,1-2H3. The molecular weight excluding hydrogens is 317 g/mol. The van der Waals surface area contributed by atoms with Gasteiger partial charge < -0.3 is 4.74 Å². The molecule has 0 saturated carbocycles. The lowest BCUT2D eigenvalue weighted by molar-refractivity contribution is 0.210. The highest BCUT2D eigenvalue weighted by molar-refractivity contribution is 7.88. The summed E-state index contributed by atoms with van der Waals surface area (Å²) in [5.41, 5.74) is 1.29. The van der Waals surface area contributed by atoms with E-state index in [2.05, 4.69) is 0 Å². The predicted octanol–water partition coefficient (Wildman–Crippen LogP) is 2.87. The number of sulfonamides is 1. The van der Waals surface area contributed by atoms with Gasteiger partial charge in [0.15, 0.2) is 5.79 Å². The maximum absolute atomic E-state index is 14.7. The summed E-state index contributed by atoms with van der Waals surface area (Å²) in [7, 11) is -2.20. The fourth-order valence-electron chi connectivity index (χ4n) is 2.18. The molecule has 1 unspecified atom stereocenters. The van der Waals surface area contributed by atoms with Gasteiger partial charge in [-0.25, -0.2) is 12.8 Å². The highest BCUT2D eigenvalue weighted by Gasteiger charge is 2.35. The van der Waals surface area contributed by atoms with E-state index in [1.165, 1.54) is 13.2 Å². The van der Waals surface area contributed by atoms with Crippen LogP contribution in [0.25, 0.3) is 5.57 Å². The average molecular weight is 332 g/mol. The quantitative estimate of drug-likeness (QED) is 0.863. The fraction of sp³-hybridized carbons (Fsp3) is 0.286. The molecule has 1 aliphatic carbocycles. The molecule has 0 radical (unpaired) electrons. The molecule has 1 aromatic rings. The number of rotatable bonds is 4. The fourth-order valence-corrected chi connectivity index (χ4v) is 3.06. The SMILES string of the molecule is COC1=C(c2ccc(Cl)cc2)CC(F)(NS(C)(=O)=O)C=C1. The Hall–Kier alpha value is -1.37. The first kappa shape index (κ1) is 16.0. The van der Waals surface area contributed by atoms with E-state index in [9.17, 15) is 12.8 Å². The molecule has 2 rings (SSSR count). The summed E-state index contributed by atoms with van der Waals surface area (Å²) in [5.74, 6) is -1.69. The lowest BCUT2D eigenvalue weighted by Crippen LogP contribution is -2.43. The minimum atomic E-state index is -3.68. The van der Waals surface area contributed by atoms with Crippen molar-refractivity contribution in [2.24, 2.45) is 0 Å². The molecule has 1 atom stereocenters. The van der Waals surface area contributed by atoms with Crippen molar-refractivity contribution in [3.63, 3.8) is 0 Å². The van der Waals surface area contributed by atoms with Gasteiger partial charge in [-0.15, -0.1) is 0 Å². The van der Waals surface area contributed by atoms with E-state index in [0.29, 0.717) is 16.4 Å². The first-order valence-corrected chi connectivity index (χ1v) is 8.39. The number of benzene rings is 1. The van der Waals surface area contributed by atoms with Crippen LogP contribution in [0, 0.1) is 0 Å². The van der Waals surface area contributed by atoms with E-state index >= 15 is 0 Å². The van der Waals surface area contributed by atoms with Gasteiger partial charge in [0.05, 0.1) is 13.4 Å². The van der Waals surface area contributed by atoms with Gasteiger partial charge in [0.1, 0.15) is 5.76 Å². The monoisotopic (exact) mass is 331 g/mol. The van der Waals surface area contributed by atoms with Gasteiger partial charge in [-0.2, -0.15) is 4.72 Å². The summed E-state index contributed by atoms with van der Waals surface area (Å²) in [6.45, 7) is 0. The molecule has 0 fully saturated rings. The van der Waals surface area contributed by atoms with E-state index in [0.717, 1.165) is 17.9 Å². The third-order valence-electron chi connectivity index (χ3n) is 3.00. The van der Waals surface area contributed by atoms with Crippen molar-refractivity contribution >= 4 is 27.2 Å².